The van der Waals surface area contributed by atoms with E-state index in [0.29, 0.717) is 0 Å². The number of allylic oxidation sites excluding steroid dienone is 4. The van der Waals surface area contributed by atoms with Gasteiger partial charge in [0.25, 0.3) is 0 Å². The summed E-state index contributed by atoms with van der Waals surface area (Å²) in [6.45, 7) is 0. The Balaban J connectivity index is 0.000000195. The summed E-state index contributed by atoms with van der Waals surface area (Å²) in [5.74, 6) is -2.84. The molecule has 2 aliphatic rings. The second kappa shape index (κ2) is 14.1. The molecule has 0 amide bonds. The molecule has 2 aliphatic heterocycles. The van der Waals surface area contributed by atoms with Gasteiger partial charge in [0.05, 0.1) is 12.5 Å². The summed E-state index contributed by atoms with van der Waals surface area (Å²) in [5.41, 5.74) is 0.569. The van der Waals surface area contributed by atoms with Crippen molar-refractivity contribution in [3.8, 4) is 0 Å². The van der Waals surface area contributed by atoms with E-state index < -0.39 is 35.5 Å². The van der Waals surface area contributed by atoms with Crippen LogP contribution < -0.4 is 0 Å². The molecule has 0 spiro atoms. The van der Waals surface area contributed by atoms with Crippen molar-refractivity contribution in [1.82, 2.24) is 0 Å². The molecule has 5 rings (SSSR count). The summed E-state index contributed by atoms with van der Waals surface area (Å²) >= 11 is 0. The van der Waals surface area contributed by atoms with E-state index in [0.717, 1.165) is 12.1 Å². The van der Waals surface area contributed by atoms with Crippen LogP contribution in [0.2, 0.25) is 0 Å². The summed E-state index contributed by atoms with van der Waals surface area (Å²) in [7, 11) is 0. The molecule has 34 heavy (non-hydrogen) atoms. The van der Waals surface area contributed by atoms with Crippen molar-refractivity contribution < 1.29 is 48.8 Å². The number of hydrogen-bond donors (Lipinski definition) is 0. The largest absolute Gasteiger partial charge is 3.00 e. The molecular weight excluding hydrogens is 480 g/mol. The molecule has 0 aromatic heterocycles. The molecular formula is C27H19F4O2Ti. The first-order chi connectivity index (χ1) is 16.0. The Kier molecular flexibility index (Phi) is 11.2. The van der Waals surface area contributed by atoms with Crippen molar-refractivity contribution in [3.63, 3.8) is 0 Å². The van der Waals surface area contributed by atoms with Gasteiger partial charge in [-0.05, 0) is 12.2 Å². The van der Waals surface area contributed by atoms with E-state index in [4.69, 9.17) is 9.47 Å². The third-order valence-corrected chi connectivity index (χ3v) is 4.35. The molecule has 2 nitrogen and oxygen atoms in total. The molecule has 0 aliphatic carbocycles. The van der Waals surface area contributed by atoms with Crippen LogP contribution in [0, 0.1) is 35.4 Å². The summed E-state index contributed by atoms with van der Waals surface area (Å²) in [5, 5.41) is 0. The van der Waals surface area contributed by atoms with E-state index >= 15 is 0 Å². The number of halogens is 4. The Morgan fingerprint density at radius 2 is 1.09 bits per heavy atom. The zero-order valence-electron chi connectivity index (χ0n) is 17.8. The molecule has 171 valence electrons. The minimum atomic E-state index is -0.713. The van der Waals surface area contributed by atoms with Crippen molar-refractivity contribution >= 4 is 0 Å². The zero-order chi connectivity index (χ0) is 23.5. The Hall–Kier alpha value is -3.22. The van der Waals surface area contributed by atoms with Gasteiger partial charge in [-0.1, -0.05) is 35.4 Å². The third kappa shape index (κ3) is 8.29. The van der Waals surface area contributed by atoms with Gasteiger partial charge in [-0.3, -0.25) is 0 Å². The Labute approximate surface area is 210 Å². The molecule has 0 saturated carbocycles. The van der Waals surface area contributed by atoms with Crippen molar-refractivity contribution in [1.29, 1.82) is 0 Å². The topological polar surface area (TPSA) is 18.5 Å². The van der Waals surface area contributed by atoms with Crippen molar-refractivity contribution in [2.45, 2.75) is 12.2 Å². The van der Waals surface area contributed by atoms with Crippen LogP contribution in [0.15, 0.2) is 104 Å². The van der Waals surface area contributed by atoms with E-state index in [2.05, 4.69) is 0 Å². The summed E-state index contributed by atoms with van der Waals surface area (Å²) in [6.07, 6.45) is 12.2. The van der Waals surface area contributed by atoms with Crippen LogP contribution in [-0.2, 0) is 31.2 Å². The molecule has 0 bridgehead atoms. The molecule has 0 fully saturated rings. The van der Waals surface area contributed by atoms with Crippen LogP contribution in [-0.4, -0.2) is 0 Å². The summed E-state index contributed by atoms with van der Waals surface area (Å²) in [6, 6.07) is 19.0. The van der Waals surface area contributed by atoms with Gasteiger partial charge in [-0.25, -0.2) is 29.7 Å². The van der Waals surface area contributed by atoms with Gasteiger partial charge in [0.15, 0.2) is 0 Å². The average Bonchev–Trinajstić information content (AvgIpc) is 3.41. The maximum atomic E-state index is 13.2. The monoisotopic (exact) mass is 499 g/mol. The van der Waals surface area contributed by atoms with Crippen LogP contribution in [0.3, 0.4) is 0 Å². The number of hydrogen-bond acceptors (Lipinski definition) is 2. The smallest absolute Gasteiger partial charge is 0.501 e. The molecule has 3 aromatic carbocycles. The predicted molar refractivity (Wildman–Crippen MR) is 117 cm³/mol. The molecule has 2 unspecified atom stereocenters. The fourth-order valence-electron chi connectivity index (χ4n) is 2.80. The van der Waals surface area contributed by atoms with Crippen molar-refractivity contribution in [3.05, 3.63) is 150 Å². The van der Waals surface area contributed by atoms with Crippen LogP contribution >= 0.6 is 0 Å². The van der Waals surface area contributed by atoms with Gasteiger partial charge in [0.2, 0.25) is 0 Å². The molecule has 1 radical (unpaired) electrons. The van der Waals surface area contributed by atoms with Crippen LogP contribution in [0.4, 0.5) is 17.6 Å². The van der Waals surface area contributed by atoms with E-state index in [-0.39, 0.29) is 32.8 Å². The molecule has 0 N–H and O–H groups in total. The van der Waals surface area contributed by atoms with Gasteiger partial charge in [0, 0.05) is 23.3 Å². The molecule has 3 aromatic rings. The van der Waals surface area contributed by atoms with E-state index in [1.807, 2.05) is 42.5 Å². The van der Waals surface area contributed by atoms with Crippen LogP contribution in [0.25, 0.3) is 0 Å². The van der Waals surface area contributed by atoms with Crippen molar-refractivity contribution in [2.24, 2.45) is 0 Å². The van der Waals surface area contributed by atoms with Crippen LogP contribution in [0.1, 0.15) is 23.3 Å². The predicted octanol–water partition coefficient (Wildman–Crippen LogP) is 7.22. The number of benzene rings is 2. The van der Waals surface area contributed by atoms with Gasteiger partial charge < -0.3 is 9.47 Å². The van der Waals surface area contributed by atoms with E-state index in [1.54, 1.807) is 36.5 Å². The molecule has 2 heterocycles. The second-order valence-electron chi connectivity index (χ2n) is 6.65. The van der Waals surface area contributed by atoms with Gasteiger partial charge >= 0.3 is 21.7 Å². The number of rotatable bonds is 2. The molecule has 7 heteroatoms. The fraction of sp³-hybridized carbons (Fsp3) is 0.0741. The maximum Gasteiger partial charge on any atom is 3.00 e. The Bertz CT molecular complexity index is 1040. The second-order valence-corrected chi connectivity index (χ2v) is 6.65. The van der Waals surface area contributed by atoms with E-state index in [9.17, 15) is 17.6 Å². The first-order valence-electron chi connectivity index (χ1n) is 9.93. The maximum absolute atomic E-state index is 13.2. The first kappa shape index (κ1) is 27.0. The van der Waals surface area contributed by atoms with E-state index in [1.165, 1.54) is 24.7 Å². The van der Waals surface area contributed by atoms with Gasteiger partial charge in [-0.2, -0.15) is 30.3 Å². The third-order valence-electron chi connectivity index (χ3n) is 4.35. The summed E-state index contributed by atoms with van der Waals surface area (Å²) in [4.78, 5) is 0. The van der Waals surface area contributed by atoms with Crippen molar-refractivity contribution in [2.75, 3.05) is 0 Å². The first-order valence-corrected chi connectivity index (χ1v) is 9.93. The van der Waals surface area contributed by atoms with Gasteiger partial charge in [-0.15, -0.1) is 24.3 Å². The zero-order valence-corrected chi connectivity index (χ0v) is 19.4. The van der Waals surface area contributed by atoms with Gasteiger partial charge in [0.1, 0.15) is 12.2 Å². The average molecular weight is 499 g/mol. The fourth-order valence-corrected chi connectivity index (χ4v) is 2.80. The standard InChI is InChI=1S/2C11H7F2O.C5H5.Ti/c2*12-8-4-5-9(10(13)7-8)11-3-1-2-6-14-11;1-2-4-5-3-1;/h2*1-6,11H;1-5H;/q3*-1;+3. The SMILES string of the molecule is Fc1[c-]c(F)c(C2C=CC=CO2)cc1.Fc1[c-]c(F)c(C2C=CC=CO2)cc1.[Ti+3].c1cc[cH-]c1. The normalized spacial score (nSPS) is 17.2. The summed E-state index contributed by atoms with van der Waals surface area (Å²) < 4.78 is 61.8. The Morgan fingerprint density at radius 3 is 1.38 bits per heavy atom. The Morgan fingerprint density at radius 1 is 0.647 bits per heavy atom. The molecule has 2 atom stereocenters. The minimum Gasteiger partial charge on any atom is -0.501 e. The number of ether oxygens (including phenoxy) is 2. The molecule has 0 saturated heterocycles. The quantitative estimate of drug-likeness (QED) is 0.211. The van der Waals surface area contributed by atoms with Crippen LogP contribution in [0.5, 0.6) is 0 Å². The minimum absolute atomic E-state index is 0.